The molecule has 1 unspecified atom stereocenters. The largest absolute Gasteiger partial charge is 0.469 e. The lowest BCUT2D eigenvalue weighted by atomic mass is 10.0. The minimum Gasteiger partial charge on any atom is -0.469 e. The molecule has 0 fully saturated rings. The Hall–Kier alpha value is -1.82. The minimum absolute atomic E-state index is 0.0291. The molecule has 1 aromatic carbocycles. The summed E-state index contributed by atoms with van der Waals surface area (Å²) in [5.41, 5.74) is 0.944. The maximum absolute atomic E-state index is 12.4. The van der Waals surface area contributed by atoms with E-state index in [-0.39, 0.29) is 22.2 Å². The monoisotopic (exact) mass is 386 g/mol. The predicted octanol–water partition coefficient (Wildman–Crippen LogP) is 4.08. The van der Waals surface area contributed by atoms with E-state index >= 15 is 0 Å². The summed E-state index contributed by atoms with van der Waals surface area (Å²) >= 11 is 17.5. The number of amides is 1. The number of esters is 1. The van der Waals surface area contributed by atoms with E-state index in [1.807, 2.05) is 0 Å². The number of carbonyl (C=O) groups excluding carboxylic acids is 2. The van der Waals surface area contributed by atoms with Gasteiger partial charge >= 0.3 is 5.97 Å². The third kappa shape index (κ3) is 4.84. The summed E-state index contributed by atoms with van der Waals surface area (Å²) in [4.78, 5) is 27.9. The van der Waals surface area contributed by atoms with Crippen LogP contribution in [0.4, 0.5) is 0 Å². The summed E-state index contributed by atoms with van der Waals surface area (Å²) in [5, 5.41) is 3.58. The van der Waals surface area contributed by atoms with Gasteiger partial charge in [-0.25, -0.2) is 4.98 Å². The lowest BCUT2D eigenvalue weighted by molar-refractivity contribution is -0.141. The average Bonchev–Trinajstić information content (AvgIpc) is 2.57. The van der Waals surface area contributed by atoms with Gasteiger partial charge in [-0.3, -0.25) is 9.59 Å². The first-order chi connectivity index (χ1) is 11.4. The summed E-state index contributed by atoms with van der Waals surface area (Å²) < 4.78 is 4.68. The molecule has 1 aromatic heterocycles. The SMILES string of the molecule is COC(=O)CC(NC(=O)c1cnc(Cl)c(Cl)c1)c1ccc(Cl)cc1. The molecule has 0 radical (unpaired) electrons. The summed E-state index contributed by atoms with van der Waals surface area (Å²) in [7, 11) is 1.28. The van der Waals surface area contributed by atoms with Crippen molar-refractivity contribution in [1.82, 2.24) is 10.3 Å². The molecule has 0 saturated heterocycles. The van der Waals surface area contributed by atoms with E-state index in [2.05, 4.69) is 15.0 Å². The van der Waals surface area contributed by atoms with Gasteiger partial charge in [-0.2, -0.15) is 0 Å². The molecule has 8 heteroatoms. The molecule has 0 aliphatic heterocycles. The molecular weight excluding hydrogens is 375 g/mol. The van der Waals surface area contributed by atoms with Gasteiger partial charge in [0.25, 0.3) is 5.91 Å². The quantitative estimate of drug-likeness (QED) is 0.620. The van der Waals surface area contributed by atoms with Crippen LogP contribution in [0.2, 0.25) is 15.2 Å². The standard InChI is InChI=1S/C16H13Cl3N2O3/c1-24-14(22)7-13(9-2-4-11(17)5-3-9)21-16(23)10-6-12(18)15(19)20-8-10/h2-6,8,13H,7H2,1H3,(H,21,23). The van der Waals surface area contributed by atoms with Crippen LogP contribution in [0, 0.1) is 0 Å². The zero-order valence-electron chi connectivity index (χ0n) is 12.6. The summed E-state index contributed by atoms with van der Waals surface area (Å²) in [6.07, 6.45) is 1.28. The van der Waals surface area contributed by atoms with Crippen LogP contribution in [0.15, 0.2) is 36.5 Å². The van der Waals surface area contributed by atoms with Crippen LogP contribution in [-0.2, 0) is 9.53 Å². The molecule has 1 amide bonds. The number of benzene rings is 1. The Labute approximate surface area is 153 Å². The van der Waals surface area contributed by atoms with Crippen molar-refractivity contribution in [2.75, 3.05) is 7.11 Å². The summed E-state index contributed by atoms with van der Waals surface area (Å²) in [6.45, 7) is 0. The second-order valence-corrected chi connectivity index (χ2v) is 6.06. The first-order valence-electron chi connectivity index (χ1n) is 6.85. The third-order valence-electron chi connectivity index (χ3n) is 3.23. The van der Waals surface area contributed by atoms with Gasteiger partial charge < -0.3 is 10.1 Å². The molecule has 1 N–H and O–H groups in total. The molecule has 1 heterocycles. The van der Waals surface area contributed by atoms with E-state index in [0.717, 1.165) is 0 Å². The maximum Gasteiger partial charge on any atom is 0.307 e. The number of hydrogen-bond acceptors (Lipinski definition) is 4. The fourth-order valence-electron chi connectivity index (χ4n) is 1.98. The van der Waals surface area contributed by atoms with Crippen molar-refractivity contribution < 1.29 is 14.3 Å². The molecular formula is C16H13Cl3N2O3. The number of carbonyl (C=O) groups is 2. The van der Waals surface area contributed by atoms with E-state index in [1.165, 1.54) is 19.4 Å². The zero-order chi connectivity index (χ0) is 17.7. The number of rotatable bonds is 5. The van der Waals surface area contributed by atoms with E-state index in [0.29, 0.717) is 10.6 Å². The molecule has 0 spiro atoms. The molecule has 2 rings (SSSR count). The second-order valence-electron chi connectivity index (χ2n) is 4.85. The van der Waals surface area contributed by atoms with E-state index in [1.54, 1.807) is 24.3 Å². The molecule has 5 nitrogen and oxygen atoms in total. The van der Waals surface area contributed by atoms with Crippen LogP contribution in [0.1, 0.15) is 28.4 Å². The number of pyridine rings is 1. The number of hydrogen-bond donors (Lipinski definition) is 1. The number of aromatic nitrogens is 1. The van der Waals surface area contributed by atoms with E-state index in [4.69, 9.17) is 34.8 Å². The Morgan fingerprint density at radius 1 is 1.21 bits per heavy atom. The Bertz CT molecular complexity index is 751. The first-order valence-corrected chi connectivity index (χ1v) is 7.98. The number of nitrogens with one attached hydrogen (secondary N) is 1. The van der Waals surface area contributed by atoms with Crippen LogP contribution in [0.3, 0.4) is 0 Å². The molecule has 24 heavy (non-hydrogen) atoms. The topological polar surface area (TPSA) is 68.3 Å². The van der Waals surface area contributed by atoms with Gasteiger partial charge in [0.1, 0.15) is 5.15 Å². The van der Waals surface area contributed by atoms with Crippen LogP contribution in [0.25, 0.3) is 0 Å². The molecule has 0 aliphatic carbocycles. The van der Waals surface area contributed by atoms with Crippen LogP contribution >= 0.6 is 34.8 Å². The van der Waals surface area contributed by atoms with Crippen molar-refractivity contribution in [2.24, 2.45) is 0 Å². The van der Waals surface area contributed by atoms with Crippen molar-refractivity contribution in [3.05, 3.63) is 62.9 Å². The van der Waals surface area contributed by atoms with Crippen LogP contribution in [0.5, 0.6) is 0 Å². The van der Waals surface area contributed by atoms with Crippen molar-refractivity contribution in [3.8, 4) is 0 Å². The molecule has 2 aromatic rings. The Morgan fingerprint density at radius 2 is 1.88 bits per heavy atom. The average molecular weight is 388 g/mol. The minimum atomic E-state index is -0.586. The van der Waals surface area contributed by atoms with Crippen molar-refractivity contribution in [2.45, 2.75) is 12.5 Å². The van der Waals surface area contributed by atoms with Gasteiger partial charge in [-0.05, 0) is 23.8 Å². The van der Waals surface area contributed by atoms with Gasteiger partial charge in [-0.15, -0.1) is 0 Å². The lowest BCUT2D eigenvalue weighted by Gasteiger charge is -2.18. The predicted molar refractivity (Wildman–Crippen MR) is 92.5 cm³/mol. The second kappa shape index (κ2) is 8.33. The van der Waals surface area contributed by atoms with Crippen molar-refractivity contribution in [3.63, 3.8) is 0 Å². The molecule has 0 bridgehead atoms. The number of ether oxygens (including phenoxy) is 1. The highest BCUT2D eigenvalue weighted by atomic mass is 35.5. The molecule has 126 valence electrons. The van der Waals surface area contributed by atoms with Gasteiger partial charge in [-0.1, -0.05) is 46.9 Å². The maximum atomic E-state index is 12.4. The number of halogens is 3. The highest BCUT2D eigenvalue weighted by Crippen LogP contribution is 2.23. The van der Waals surface area contributed by atoms with Crippen LogP contribution in [-0.4, -0.2) is 24.0 Å². The fraction of sp³-hybridized carbons (Fsp3) is 0.188. The highest BCUT2D eigenvalue weighted by molar-refractivity contribution is 6.41. The molecule has 0 aliphatic rings. The third-order valence-corrected chi connectivity index (χ3v) is 4.17. The zero-order valence-corrected chi connectivity index (χ0v) is 14.8. The van der Waals surface area contributed by atoms with E-state index < -0.39 is 17.9 Å². The molecule has 1 atom stereocenters. The Kier molecular flexibility index (Phi) is 6.43. The lowest BCUT2D eigenvalue weighted by Crippen LogP contribution is -2.30. The highest BCUT2D eigenvalue weighted by Gasteiger charge is 2.20. The fourth-order valence-corrected chi connectivity index (χ4v) is 2.38. The van der Waals surface area contributed by atoms with Crippen molar-refractivity contribution >= 4 is 46.7 Å². The summed E-state index contributed by atoms with van der Waals surface area (Å²) in [6, 6.07) is 7.62. The summed E-state index contributed by atoms with van der Waals surface area (Å²) in [5.74, 6) is -0.896. The first kappa shape index (κ1) is 18.5. The van der Waals surface area contributed by atoms with Crippen LogP contribution < -0.4 is 5.32 Å². The van der Waals surface area contributed by atoms with E-state index in [9.17, 15) is 9.59 Å². The van der Waals surface area contributed by atoms with Crippen molar-refractivity contribution in [1.29, 1.82) is 0 Å². The number of nitrogens with zero attached hydrogens (tertiary/aromatic N) is 1. The van der Waals surface area contributed by atoms with Gasteiger partial charge in [0.05, 0.1) is 30.2 Å². The molecule has 0 saturated carbocycles. The van der Waals surface area contributed by atoms with Gasteiger partial charge in [0, 0.05) is 11.2 Å². The van der Waals surface area contributed by atoms with Gasteiger partial charge in [0.2, 0.25) is 0 Å². The normalized spacial score (nSPS) is 11.7. The number of methoxy groups -OCH3 is 1. The van der Waals surface area contributed by atoms with Gasteiger partial charge in [0.15, 0.2) is 0 Å². The Balaban J connectivity index is 2.23. The smallest absolute Gasteiger partial charge is 0.307 e. The Morgan fingerprint density at radius 3 is 2.46 bits per heavy atom.